The fourth-order valence-electron chi connectivity index (χ4n) is 1.97. The van der Waals surface area contributed by atoms with Crippen LogP contribution >= 0.6 is 0 Å². The number of nitrogens with two attached hydrogens (primary N) is 1. The third-order valence-corrected chi connectivity index (χ3v) is 3.05. The van der Waals surface area contributed by atoms with E-state index in [0.717, 1.165) is 32.0 Å². The lowest BCUT2D eigenvalue weighted by atomic mass is 10.3. The summed E-state index contributed by atoms with van der Waals surface area (Å²) in [5.74, 6) is 0.746. The SMILES string of the molecule is COC(=O)CN1CCN(c2ccc(N)cn2)CC1. The van der Waals surface area contributed by atoms with Crippen LogP contribution in [0.1, 0.15) is 0 Å². The molecule has 0 unspecified atom stereocenters. The average molecular weight is 250 g/mol. The zero-order valence-electron chi connectivity index (χ0n) is 10.5. The van der Waals surface area contributed by atoms with Gasteiger partial charge in [-0.3, -0.25) is 9.69 Å². The molecule has 98 valence electrons. The molecule has 0 radical (unpaired) electrons. The Bertz CT molecular complexity index is 399. The molecule has 1 aliphatic rings. The first-order valence-electron chi connectivity index (χ1n) is 5.94. The summed E-state index contributed by atoms with van der Waals surface area (Å²) >= 11 is 0. The van der Waals surface area contributed by atoms with E-state index in [-0.39, 0.29) is 5.97 Å². The van der Waals surface area contributed by atoms with E-state index in [1.165, 1.54) is 7.11 Å². The summed E-state index contributed by atoms with van der Waals surface area (Å²) in [6.45, 7) is 3.74. The summed E-state index contributed by atoms with van der Waals surface area (Å²) in [5, 5.41) is 0. The molecule has 18 heavy (non-hydrogen) atoms. The van der Waals surface area contributed by atoms with E-state index in [1.807, 2.05) is 12.1 Å². The number of nitrogens with zero attached hydrogens (tertiary/aromatic N) is 3. The molecule has 1 fully saturated rings. The molecule has 1 aliphatic heterocycles. The average Bonchev–Trinajstić information content (AvgIpc) is 2.40. The van der Waals surface area contributed by atoms with Crippen molar-refractivity contribution in [3.05, 3.63) is 18.3 Å². The fraction of sp³-hybridized carbons (Fsp3) is 0.500. The first kappa shape index (κ1) is 12.6. The standard InChI is InChI=1S/C12H18N4O2/c1-18-12(17)9-15-4-6-16(7-5-15)11-3-2-10(13)8-14-11/h2-3,8H,4-7,9,13H2,1H3. The Morgan fingerprint density at radius 1 is 1.39 bits per heavy atom. The normalized spacial score (nSPS) is 16.6. The van der Waals surface area contributed by atoms with Crippen LogP contribution in [0.5, 0.6) is 0 Å². The van der Waals surface area contributed by atoms with E-state index >= 15 is 0 Å². The second-order valence-electron chi connectivity index (χ2n) is 4.29. The molecule has 0 saturated carbocycles. The van der Waals surface area contributed by atoms with Crippen molar-refractivity contribution in [2.24, 2.45) is 0 Å². The van der Waals surface area contributed by atoms with E-state index in [4.69, 9.17) is 5.73 Å². The Morgan fingerprint density at radius 3 is 2.67 bits per heavy atom. The predicted octanol–water partition coefficient (Wildman–Crippen LogP) is -0.0412. The highest BCUT2D eigenvalue weighted by Crippen LogP contribution is 2.14. The lowest BCUT2D eigenvalue weighted by Crippen LogP contribution is -2.48. The number of piperazine rings is 1. The Labute approximate surface area is 106 Å². The van der Waals surface area contributed by atoms with Gasteiger partial charge in [0.1, 0.15) is 5.82 Å². The number of ether oxygens (including phenoxy) is 1. The van der Waals surface area contributed by atoms with Crippen LogP contribution in [0.25, 0.3) is 0 Å². The molecular formula is C12H18N4O2. The molecule has 0 aliphatic carbocycles. The minimum atomic E-state index is -0.186. The summed E-state index contributed by atoms with van der Waals surface area (Å²) in [6.07, 6.45) is 1.66. The smallest absolute Gasteiger partial charge is 0.319 e. The van der Waals surface area contributed by atoms with Gasteiger partial charge in [0.25, 0.3) is 0 Å². The molecule has 1 saturated heterocycles. The fourth-order valence-corrected chi connectivity index (χ4v) is 1.97. The molecule has 6 nitrogen and oxygen atoms in total. The zero-order valence-corrected chi connectivity index (χ0v) is 10.5. The van der Waals surface area contributed by atoms with Gasteiger partial charge in [0.05, 0.1) is 25.5 Å². The summed E-state index contributed by atoms with van der Waals surface area (Å²) < 4.78 is 4.66. The molecule has 1 aromatic heterocycles. The summed E-state index contributed by atoms with van der Waals surface area (Å²) in [4.78, 5) is 19.7. The third-order valence-electron chi connectivity index (χ3n) is 3.05. The van der Waals surface area contributed by atoms with Crippen LogP contribution in [0.15, 0.2) is 18.3 Å². The Hall–Kier alpha value is -1.82. The van der Waals surface area contributed by atoms with Gasteiger partial charge in [0.2, 0.25) is 0 Å². The first-order valence-corrected chi connectivity index (χ1v) is 5.94. The molecule has 2 N–H and O–H groups in total. The van der Waals surface area contributed by atoms with Gasteiger partial charge in [0, 0.05) is 26.2 Å². The Morgan fingerprint density at radius 2 is 2.11 bits per heavy atom. The van der Waals surface area contributed by atoms with Gasteiger partial charge in [-0.1, -0.05) is 0 Å². The number of nitrogen functional groups attached to an aromatic ring is 1. The topological polar surface area (TPSA) is 71.7 Å². The largest absolute Gasteiger partial charge is 0.468 e. The minimum Gasteiger partial charge on any atom is -0.468 e. The maximum atomic E-state index is 11.2. The number of carbonyl (C=O) groups excluding carboxylic acids is 1. The molecule has 0 amide bonds. The molecule has 2 heterocycles. The maximum Gasteiger partial charge on any atom is 0.319 e. The van der Waals surface area contributed by atoms with E-state index in [2.05, 4.69) is 19.5 Å². The highest BCUT2D eigenvalue weighted by molar-refractivity contribution is 5.71. The van der Waals surface area contributed by atoms with E-state index < -0.39 is 0 Å². The zero-order chi connectivity index (χ0) is 13.0. The number of hydrogen-bond acceptors (Lipinski definition) is 6. The molecule has 6 heteroatoms. The van der Waals surface area contributed by atoms with Crippen LogP contribution < -0.4 is 10.6 Å². The highest BCUT2D eigenvalue weighted by Gasteiger charge is 2.19. The van der Waals surface area contributed by atoms with Crippen molar-refractivity contribution in [2.45, 2.75) is 0 Å². The molecular weight excluding hydrogens is 232 g/mol. The number of aromatic nitrogens is 1. The number of anilines is 2. The van der Waals surface area contributed by atoms with Gasteiger partial charge < -0.3 is 15.4 Å². The number of rotatable bonds is 3. The van der Waals surface area contributed by atoms with Crippen molar-refractivity contribution in [1.82, 2.24) is 9.88 Å². The second-order valence-corrected chi connectivity index (χ2v) is 4.29. The predicted molar refractivity (Wildman–Crippen MR) is 69.3 cm³/mol. The highest BCUT2D eigenvalue weighted by atomic mass is 16.5. The van der Waals surface area contributed by atoms with Crippen LogP contribution in [-0.4, -0.2) is 55.7 Å². The molecule has 0 atom stereocenters. The first-order chi connectivity index (χ1) is 8.69. The maximum absolute atomic E-state index is 11.2. The van der Waals surface area contributed by atoms with Crippen LogP contribution in [0.3, 0.4) is 0 Å². The molecule has 0 bridgehead atoms. The van der Waals surface area contributed by atoms with Gasteiger partial charge in [0.15, 0.2) is 0 Å². The van der Waals surface area contributed by atoms with Gasteiger partial charge in [-0.2, -0.15) is 0 Å². The Balaban J connectivity index is 1.86. The van der Waals surface area contributed by atoms with Crippen LogP contribution in [-0.2, 0) is 9.53 Å². The van der Waals surface area contributed by atoms with Crippen LogP contribution in [0.4, 0.5) is 11.5 Å². The number of hydrogen-bond donors (Lipinski definition) is 1. The number of esters is 1. The molecule has 0 aromatic carbocycles. The van der Waals surface area contributed by atoms with Gasteiger partial charge in [-0.05, 0) is 12.1 Å². The van der Waals surface area contributed by atoms with Crippen LogP contribution in [0.2, 0.25) is 0 Å². The van der Waals surface area contributed by atoms with Gasteiger partial charge >= 0.3 is 5.97 Å². The minimum absolute atomic E-state index is 0.186. The summed E-state index contributed by atoms with van der Waals surface area (Å²) in [6, 6.07) is 3.77. The molecule has 2 rings (SSSR count). The summed E-state index contributed by atoms with van der Waals surface area (Å²) in [7, 11) is 1.41. The lowest BCUT2D eigenvalue weighted by molar-refractivity contribution is -0.142. The van der Waals surface area contributed by atoms with Crippen molar-refractivity contribution in [1.29, 1.82) is 0 Å². The lowest BCUT2D eigenvalue weighted by Gasteiger charge is -2.34. The van der Waals surface area contributed by atoms with Crippen molar-refractivity contribution < 1.29 is 9.53 Å². The third kappa shape index (κ3) is 3.10. The van der Waals surface area contributed by atoms with Crippen molar-refractivity contribution >= 4 is 17.5 Å². The quantitative estimate of drug-likeness (QED) is 0.759. The number of carbonyl (C=O) groups is 1. The van der Waals surface area contributed by atoms with Crippen molar-refractivity contribution in [3.63, 3.8) is 0 Å². The monoisotopic (exact) mass is 250 g/mol. The van der Waals surface area contributed by atoms with E-state index in [1.54, 1.807) is 6.20 Å². The molecule has 0 spiro atoms. The van der Waals surface area contributed by atoms with Crippen LogP contribution in [0, 0.1) is 0 Å². The van der Waals surface area contributed by atoms with Crippen molar-refractivity contribution in [3.8, 4) is 0 Å². The van der Waals surface area contributed by atoms with E-state index in [0.29, 0.717) is 12.2 Å². The van der Waals surface area contributed by atoms with E-state index in [9.17, 15) is 4.79 Å². The molecule has 1 aromatic rings. The van der Waals surface area contributed by atoms with Gasteiger partial charge in [-0.15, -0.1) is 0 Å². The van der Waals surface area contributed by atoms with Crippen molar-refractivity contribution in [2.75, 3.05) is 50.5 Å². The second kappa shape index (κ2) is 5.68. The Kier molecular flexibility index (Phi) is 3.99. The number of methoxy groups -OCH3 is 1. The van der Waals surface area contributed by atoms with Gasteiger partial charge in [-0.25, -0.2) is 4.98 Å². The summed E-state index contributed by atoms with van der Waals surface area (Å²) in [5.41, 5.74) is 6.28. The number of pyridine rings is 1.